The first-order valence-electron chi connectivity index (χ1n) is 8.23. The Balaban J connectivity index is 1.69. The minimum absolute atomic E-state index is 0.108. The number of nitriles is 1. The van der Waals surface area contributed by atoms with E-state index in [1.807, 2.05) is 42.5 Å². The summed E-state index contributed by atoms with van der Waals surface area (Å²) in [7, 11) is 0. The van der Waals surface area contributed by atoms with E-state index in [4.69, 9.17) is 4.74 Å². The molecule has 0 saturated carbocycles. The fourth-order valence-electron chi connectivity index (χ4n) is 2.60. The molecule has 130 valence electrons. The molecule has 3 aromatic carbocycles. The van der Waals surface area contributed by atoms with Crippen molar-refractivity contribution in [3.05, 3.63) is 89.2 Å². The average Bonchev–Trinajstić information content (AvgIpc) is 3.13. The number of ether oxygens (including phenoxy) is 1. The van der Waals surface area contributed by atoms with Crippen LogP contribution in [-0.2, 0) is 0 Å². The number of thiazole rings is 1. The van der Waals surface area contributed by atoms with Crippen LogP contribution in [0.15, 0.2) is 72.8 Å². The lowest BCUT2D eigenvalue weighted by Gasteiger charge is -2.07. The Morgan fingerprint density at radius 1 is 1.04 bits per heavy atom. The summed E-state index contributed by atoms with van der Waals surface area (Å²) in [4.78, 5) is 4.51. The van der Waals surface area contributed by atoms with E-state index >= 15 is 0 Å². The van der Waals surface area contributed by atoms with Crippen LogP contribution in [0.2, 0.25) is 0 Å². The number of benzene rings is 3. The highest BCUT2D eigenvalue weighted by Crippen LogP contribution is 2.30. The Morgan fingerprint density at radius 2 is 1.81 bits per heavy atom. The number of para-hydroxylation sites is 2. The molecule has 0 aliphatic heterocycles. The van der Waals surface area contributed by atoms with E-state index < -0.39 is 5.82 Å². The lowest BCUT2D eigenvalue weighted by molar-refractivity contribution is 0.442. The fourth-order valence-corrected chi connectivity index (χ4v) is 3.53. The van der Waals surface area contributed by atoms with Crippen LogP contribution >= 0.6 is 11.3 Å². The molecule has 5 heteroatoms. The Kier molecular flexibility index (Phi) is 4.65. The zero-order chi connectivity index (χ0) is 18.6. The van der Waals surface area contributed by atoms with Gasteiger partial charge >= 0.3 is 0 Å². The minimum atomic E-state index is -0.463. The van der Waals surface area contributed by atoms with Gasteiger partial charge in [-0.25, -0.2) is 9.37 Å². The molecular weight excluding hydrogens is 359 g/mol. The molecule has 0 amide bonds. The molecule has 0 bridgehead atoms. The van der Waals surface area contributed by atoms with Crippen molar-refractivity contribution >= 4 is 33.2 Å². The van der Waals surface area contributed by atoms with E-state index in [1.54, 1.807) is 30.3 Å². The predicted octanol–water partition coefficient (Wildman–Crippen LogP) is 6.29. The number of hydrogen-bond donors (Lipinski definition) is 0. The first kappa shape index (κ1) is 17.0. The van der Waals surface area contributed by atoms with E-state index in [-0.39, 0.29) is 5.75 Å². The van der Waals surface area contributed by atoms with Gasteiger partial charge in [0.1, 0.15) is 16.8 Å². The summed E-state index contributed by atoms with van der Waals surface area (Å²) in [5.74, 6) is 0.190. The van der Waals surface area contributed by atoms with Crippen LogP contribution in [0.1, 0.15) is 10.6 Å². The third-order valence-electron chi connectivity index (χ3n) is 3.88. The first-order valence-corrected chi connectivity index (χ1v) is 9.05. The molecule has 0 fully saturated rings. The Labute approximate surface area is 159 Å². The van der Waals surface area contributed by atoms with Gasteiger partial charge in [0, 0.05) is 0 Å². The van der Waals surface area contributed by atoms with Crippen LogP contribution in [0, 0.1) is 17.1 Å². The van der Waals surface area contributed by atoms with Gasteiger partial charge in [0.05, 0.1) is 15.8 Å². The van der Waals surface area contributed by atoms with Crippen LogP contribution in [0.3, 0.4) is 0 Å². The molecular formula is C22H13FN2OS. The normalized spacial score (nSPS) is 11.3. The number of halogens is 1. The maximum absolute atomic E-state index is 14.1. The van der Waals surface area contributed by atoms with Crippen LogP contribution in [0.4, 0.5) is 4.39 Å². The summed E-state index contributed by atoms with van der Waals surface area (Å²) in [6, 6.07) is 23.4. The van der Waals surface area contributed by atoms with Crippen molar-refractivity contribution < 1.29 is 9.13 Å². The second-order valence-corrected chi connectivity index (χ2v) is 6.79. The monoisotopic (exact) mass is 372 g/mol. The van der Waals surface area contributed by atoms with Crippen LogP contribution in [0.5, 0.6) is 11.5 Å². The Bertz CT molecular complexity index is 1140. The van der Waals surface area contributed by atoms with Gasteiger partial charge in [-0.15, -0.1) is 11.3 Å². The van der Waals surface area contributed by atoms with Gasteiger partial charge in [0.25, 0.3) is 0 Å². The molecule has 0 atom stereocenters. The van der Waals surface area contributed by atoms with Crippen molar-refractivity contribution in [2.45, 2.75) is 0 Å². The topological polar surface area (TPSA) is 45.9 Å². The van der Waals surface area contributed by atoms with E-state index in [2.05, 4.69) is 11.1 Å². The number of hydrogen-bond acceptors (Lipinski definition) is 4. The van der Waals surface area contributed by atoms with Gasteiger partial charge in [0.15, 0.2) is 11.6 Å². The molecule has 0 unspecified atom stereocenters. The lowest BCUT2D eigenvalue weighted by atomic mass is 10.1. The standard InChI is InChI=1S/C22H13FN2OS/c23-18-11-10-15(13-20(18)26-17-6-2-1-3-7-17)12-16(14-24)22-25-19-8-4-5-9-21(19)27-22/h1-13H/b16-12+. The molecule has 4 rings (SSSR count). The highest BCUT2D eigenvalue weighted by atomic mass is 32.1. The zero-order valence-corrected chi connectivity index (χ0v) is 14.9. The summed E-state index contributed by atoms with van der Waals surface area (Å²) in [6.45, 7) is 0. The Morgan fingerprint density at radius 3 is 2.59 bits per heavy atom. The molecule has 0 aliphatic carbocycles. The van der Waals surface area contributed by atoms with Gasteiger partial charge in [-0.3, -0.25) is 0 Å². The second-order valence-electron chi connectivity index (χ2n) is 5.76. The lowest BCUT2D eigenvalue weighted by Crippen LogP contribution is -1.89. The number of rotatable bonds is 4. The molecule has 1 aromatic heterocycles. The van der Waals surface area contributed by atoms with Crippen molar-refractivity contribution in [3.63, 3.8) is 0 Å². The van der Waals surface area contributed by atoms with Gasteiger partial charge in [0.2, 0.25) is 0 Å². The minimum Gasteiger partial charge on any atom is -0.454 e. The largest absolute Gasteiger partial charge is 0.454 e. The molecule has 27 heavy (non-hydrogen) atoms. The third kappa shape index (κ3) is 3.71. The maximum Gasteiger partial charge on any atom is 0.165 e. The molecule has 0 N–H and O–H groups in total. The van der Waals surface area contributed by atoms with Crippen molar-refractivity contribution in [2.75, 3.05) is 0 Å². The van der Waals surface area contributed by atoms with Gasteiger partial charge in [-0.05, 0) is 48.0 Å². The van der Waals surface area contributed by atoms with E-state index in [0.29, 0.717) is 21.9 Å². The number of nitrogens with zero attached hydrogens (tertiary/aromatic N) is 2. The van der Waals surface area contributed by atoms with Crippen LogP contribution in [-0.4, -0.2) is 4.98 Å². The average molecular weight is 372 g/mol. The van der Waals surface area contributed by atoms with Crippen molar-refractivity contribution in [3.8, 4) is 17.6 Å². The zero-order valence-electron chi connectivity index (χ0n) is 14.1. The third-order valence-corrected chi connectivity index (χ3v) is 4.95. The summed E-state index contributed by atoms with van der Waals surface area (Å²) in [5, 5.41) is 10.2. The van der Waals surface area contributed by atoms with E-state index in [1.165, 1.54) is 17.4 Å². The Hall–Kier alpha value is -3.49. The molecule has 0 saturated heterocycles. The van der Waals surface area contributed by atoms with Gasteiger partial charge in [-0.1, -0.05) is 36.4 Å². The van der Waals surface area contributed by atoms with Crippen LogP contribution < -0.4 is 4.74 Å². The summed E-state index contributed by atoms with van der Waals surface area (Å²) < 4.78 is 20.7. The number of fused-ring (bicyclic) bond motifs is 1. The number of allylic oxidation sites excluding steroid dienone is 1. The van der Waals surface area contributed by atoms with Crippen molar-refractivity contribution in [2.24, 2.45) is 0 Å². The van der Waals surface area contributed by atoms with E-state index in [9.17, 15) is 9.65 Å². The molecule has 0 aliphatic rings. The smallest absolute Gasteiger partial charge is 0.165 e. The number of aromatic nitrogens is 1. The maximum atomic E-state index is 14.1. The molecule has 3 nitrogen and oxygen atoms in total. The van der Waals surface area contributed by atoms with Gasteiger partial charge in [-0.2, -0.15) is 5.26 Å². The van der Waals surface area contributed by atoms with Crippen molar-refractivity contribution in [1.29, 1.82) is 5.26 Å². The first-order chi connectivity index (χ1) is 13.2. The quantitative estimate of drug-likeness (QED) is 0.395. The molecule has 1 heterocycles. The predicted molar refractivity (Wildman–Crippen MR) is 106 cm³/mol. The van der Waals surface area contributed by atoms with Crippen molar-refractivity contribution in [1.82, 2.24) is 4.98 Å². The fraction of sp³-hybridized carbons (Fsp3) is 0. The van der Waals surface area contributed by atoms with Gasteiger partial charge < -0.3 is 4.74 Å². The SMILES string of the molecule is N#C/C(=C\c1ccc(F)c(Oc2ccccc2)c1)c1nc2ccccc2s1. The van der Waals surface area contributed by atoms with Crippen LogP contribution in [0.25, 0.3) is 21.9 Å². The molecule has 4 aromatic rings. The summed E-state index contributed by atoms with van der Waals surface area (Å²) in [5.41, 5.74) is 1.94. The second kappa shape index (κ2) is 7.40. The molecule has 0 spiro atoms. The highest BCUT2D eigenvalue weighted by molar-refractivity contribution is 7.19. The summed E-state index contributed by atoms with van der Waals surface area (Å²) in [6.07, 6.45) is 1.69. The van der Waals surface area contributed by atoms with E-state index in [0.717, 1.165) is 10.2 Å². The summed E-state index contributed by atoms with van der Waals surface area (Å²) >= 11 is 1.45. The highest BCUT2D eigenvalue weighted by Gasteiger charge is 2.10. The molecule has 0 radical (unpaired) electrons.